The zero-order chi connectivity index (χ0) is 13.7. The van der Waals surface area contributed by atoms with E-state index in [1.807, 2.05) is 23.9 Å². The van der Waals surface area contributed by atoms with E-state index in [-0.39, 0.29) is 12.1 Å². The van der Waals surface area contributed by atoms with E-state index in [1.165, 1.54) is 19.3 Å². The molecule has 1 aromatic heterocycles. The summed E-state index contributed by atoms with van der Waals surface area (Å²) in [5.41, 5.74) is 0. The molecule has 2 rings (SSSR count). The first-order valence-electron chi connectivity index (χ1n) is 7.19. The van der Waals surface area contributed by atoms with Crippen LogP contribution in [-0.2, 0) is 6.54 Å². The van der Waals surface area contributed by atoms with Crippen molar-refractivity contribution in [1.29, 1.82) is 0 Å². The highest BCUT2D eigenvalue weighted by Gasteiger charge is 2.23. The van der Waals surface area contributed by atoms with Crippen LogP contribution in [0.2, 0.25) is 0 Å². The Kier molecular flexibility index (Phi) is 4.82. The topological polar surface area (TPSA) is 59.0 Å². The third-order valence-corrected chi connectivity index (χ3v) is 3.83. The minimum atomic E-state index is -0.0570. The number of carbonyl (C=O) groups excluding carboxylic acids is 1. The first-order valence-corrected chi connectivity index (χ1v) is 7.19. The Morgan fingerprint density at radius 2 is 2.26 bits per heavy atom. The zero-order valence-corrected chi connectivity index (χ0v) is 11.8. The molecule has 0 aromatic carbocycles. The van der Waals surface area contributed by atoms with Gasteiger partial charge in [-0.3, -0.25) is 4.68 Å². The molecule has 2 amide bonds. The van der Waals surface area contributed by atoms with Gasteiger partial charge in [0.1, 0.15) is 0 Å². The molecule has 1 aliphatic rings. The van der Waals surface area contributed by atoms with Gasteiger partial charge in [-0.15, -0.1) is 0 Å². The maximum absolute atomic E-state index is 11.9. The first-order chi connectivity index (χ1) is 9.15. The molecule has 2 N–H and O–H groups in total. The van der Waals surface area contributed by atoms with Gasteiger partial charge < -0.3 is 10.6 Å². The average molecular weight is 264 g/mol. The van der Waals surface area contributed by atoms with Crippen LogP contribution in [0.1, 0.15) is 39.5 Å². The summed E-state index contributed by atoms with van der Waals surface area (Å²) in [4.78, 5) is 11.9. The Morgan fingerprint density at radius 1 is 1.47 bits per heavy atom. The molecule has 0 spiro atoms. The fourth-order valence-electron chi connectivity index (χ4n) is 2.70. The Labute approximate surface area is 114 Å². The molecule has 5 nitrogen and oxygen atoms in total. The Balaban J connectivity index is 1.74. The summed E-state index contributed by atoms with van der Waals surface area (Å²) in [6, 6.07) is 2.22. The van der Waals surface area contributed by atoms with Gasteiger partial charge in [0.25, 0.3) is 0 Å². The van der Waals surface area contributed by atoms with E-state index < -0.39 is 0 Å². The highest BCUT2D eigenvalue weighted by molar-refractivity contribution is 5.74. The number of nitrogens with zero attached hydrogens (tertiary/aromatic N) is 2. The largest absolute Gasteiger partial charge is 0.335 e. The maximum atomic E-state index is 11.9. The van der Waals surface area contributed by atoms with Crippen LogP contribution in [0, 0.1) is 5.92 Å². The van der Waals surface area contributed by atoms with E-state index in [0.717, 1.165) is 6.42 Å². The number of carbonyl (C=O) groups is 1. The van der Waals surface area contributed by atoms with Gasteiger partial charge in [0.15, 0.2) is 0 Å². The number of hydrogen-bond donors (Lipinski definition) is 2. The number of hydrogen-bond acceptors (Lipinski definition) is 2. The third-order valence-electron chi connectivity index (χ3n) is 3.83. The van der Waals surface area contributed by atoms with E-state index in [9.17, 15) is 4.79 Å². The smallest absolute Gasteiger partial charge is 0.315 e. The fraction of sp³-hybridized carbons (Fsp3) is 0.714. The third kappa shape index (κ3) is 4.26. The van der Waals surface area contributed by atoms with E-state index >= 15 is 0 Å². The van der Waals surface area contributed by atoms with E-state index in [1.54, 1.807) is 6.20 Å². The summed E-state index contributed by atoms with van der Waals surface area (Å²) in [7, 11) is 0. The molecule has 0 bridgehead atoms. The van der Waals surface area contributed by atoms with Crippen molar-refractivity contribution in [3.63, 3.8) is 0 Å². The van der Waals surface area contributed by atoms with Gasteiger partial charge >= 0.3 is 6.03 Å². The molecule has 3 atom stereocenters. The van der Waals surface area contributed by atoms with Gasteiger partial charge in [-0.05, 0) is 31.7 Å². The number of nitrogens with one attached hydrogen (secondary N) is 2. The zero-order valence-electron chi connectivity index (χ0n) is 11.8. The molecule has 0 unspecified atom stereocenters. The summed E-state index contributed by atoms with van der Waals surface area (Å²) >= 11 is 0. The number of rotatable bonds is 4. The van der Waals surface area contributed by atoms with Crippen molar-refractivity contribution in [3.8, 4) is 0 Å². The molecular weight excluding hydrogens is 240 g/mol. The Hall–Kier alpha value is -1.52. The van der Waals surface area contributed by atoms with Gasteiger partial charge in [-0.25, -0.2) is 4.79 Å². The summed E-state index contributed by atoms with van der Waals surface area (Å²) in [5, 5.41) is 10.2. The summed E-state index contributed by atoms with van der Waals surface area (Å²) in [6.07, 6.45) is 8.47. The van der Waals surface area contributed by atoms with Gasteiger partial charge in [-0.2, -0.15) is 5.10 Å². The van der Waals surface area contributed by atoms with Crippen LogP contribution in [0.5, 0.6) is 0 Å². The average Bonchev–Trinajstić information content (AvgIpc) is 2.84. The van der Waals surface area contributed by atoms with E-state index in [4.69, 9.17) is 0 Å². The van der Waals surface area contributed by atoms with Gasteiger partial charge in [0.2, 0.25) is 0 Å². The second-order valence-corrected chi connectivity index (χ2v) is 5.62. The lowest BCUT2D eigenvalue weighted by molar-refractivity contribution is 0.217. The fourth-order valence-corrected chi connectivity index (χ4v) is 2.70. The minimum Gasteiger partial charge on any atom is -0.335 e. The van der Waals surface area contributed by atoms with Crippen LogP contribution in [0.4, 0.5) is 4.79 Å². The minimum absolute atomic E-state index is 0.0570. The molecule has 0 radical (unpaired) electrons. The second-order valence-electron chi connectivity index (χ2n) is 5.62. The van der Waals surface area contributed by atoms with Crippen molar-refractivity contribution in [2.24, 2.45) is 5.92 Å². The molecule has 1 fully saturated rings. The standard InChI is InChI=1S/C14H24N4O/c1-11-6-3-4-7-13(11)17-14(19)16-12(2)10-18-9-5-8-15-18/h5,8-9,11-13H,3-4,6-7,10H2,1-2H3,(H2,16,17,19)/t11-,12-,13+/m1/s1. The molecule has 5 heteroatoms. The quantitative estimate of drug-likeness (QED) is 0.875. The van der Waals surface area contributed by atoms with Crippen molar-refractivity contribution < 1.29 is 4.79 Å². The van der Waals surface area contributed by atoms with Crippen LogP contribution in [-0.4, -0.2) is 27.9 Å². The number of amides is 2. The predicted molar refractivity (Wildman–Crippen MR) is 74.8 cm³/mol. The summed E-state index contributed by atoms with van der Waals surface area (Å²) < 4.78 is 1.83. The molecule has 19 heavy (non-hydrogen) atoms. The van der Waals surface area contributed by atoms with Crippen LogP contribution < -0.4 is 10.6 Å². The van der Waals surface area contributed by atoms with Crippen LogP contribution in [0.15, 0.2) is 18.5 Å². The van der Waals surface area contributed by atoms with Crippen molar-refractivity contribution in [2.75, 3.05) is 0 Å². The number of urea groups is 1. The highest BCUT2D eigenvalue weighted by Crippen LogP contribution is 2.23. The highest BCUT2D eigenvalue weighted by atomic mass is 16.2. The molecule has 106 valence electrons. The molecule has 1 heterocycles. The van der Waals surface area contributed by atoms with E-state index in [2.05, 4.69) is 22.7 Å². The van der Waals surface area contributed by atoms with Crippen LogP contribution >= 0.6 is 0 Å². The molecule has 1 saturated carbocycles. The van der Waals surface area contributed by atoms with Crippen molar-refractivity contribution >= 4 is 6.03 Å². The Morgan fingerprint density at radius 3 is 2.95 bits per heavy atom. The summed E-state index contributed by atoms with van der Waals surface area (Å²) in [6.45, 7) is 4.91. The number of aromatic nitrogens is 2. The first kappa shape index (κ1) is 13.9. The van der Waals surface area contributed by atoms with E-state index in [0.29, 0.717) is 18.5 Å². The monoisotopic (exact) mass is 264 g/mol. The lowest BCUT2D eigenvalue weighted by Gasteiger charge is -2.30. The van der Waals surface area contributed by atoms with Crippen LogP contribution in [0.3, 0.4) is 0 Å². The van der Waals surface area contributed by atoms with Crippen LogP contribution in [0.25, 0.3) is 0 Å². The van der Waals surface area contributed by atoms with Crippen molar-refractivity contribution in [3.05, 3.63) is 18.5 Å². The SMILES string of the molecule is C[C@H](Cn1cccn1)NC(=O)N[C@H]1CCCC[C@H]1C. The van der Waals surface area contributed by atoms with Gasteiger partial charge in [-0.1, -0.05) is 19.8 Å². The Bertz CT molecular complexity index is 390. The molecule has 0 aliphatic heterocycles. The molecule has 1 aromatic rings. The normalized spacial score (nSPS) is 24.7. The maximum Gasteiger partial charge on any atom is 0.315 e. The molecule has 0 saturated heterocycles. The lowest BCUT2D eigenvalue weighted by atomic mass is 9.86. The van der Waals surface area contributed by atoms with Crippen molar-refractivity contribution in [2.45, 2.75) is 58.2 Å². The molecule has 1 aliphatic carbocycles. The van der Waals surface area contributed by atoms with Crippen molar-refractivity contribution in [1.82, 2.24) is 20.4 Å². The second kappa shape index (κ2) is 6.59. The lowest BCUT2D eigenvalue weighted by Crippen LogP contribution is -2.49. The molecular formula is C14H24N4O. The predicted octanol–water partition coefficient (Wildman–Crippen LogP) is 2.15. The summed E-state index contributed by atoms with van der Waals surface area (Å²) in [5.74, 6) is 0.584. The van der Waals surface area contributed by atoms with Gasteiger partial charge in [0, 0.05) is 24.5 Å². The van der Waals surface area contributed by atoms with Gasteiger partial charge in [0.05, 0.1) is 6.54 Å².